The second kappa shape index (κ2) is 6.62. The van der Waals surface area contributed by atoms with E-state index in [-0.39, 0.29) is 23.5 Å². The molecule has 1 saturated heterocycles. The van der Waals surface area contributed by atoms with Crippen molar-refractivity contribution in [3.63, 3.8) is 0 Å². The molecule has 2 aliphatic rings. The summed E-state index contributed by atoms with van der Waals surface area (Å²) in [4.78, 5) is 13.9. The number of hydrogen-bond acceptors (Lipinski definition) is 4. The number of halogens is 3. The molecule has 2 heterocycles. The Bertz CT molecular complexity index is 1120. The minimum absolute atomic E-state index is 0.167. The molecule has 0 N–H and O–H groups in total. The fourth-order valence-corrected chi connectivity index (χ4v) is 4.23. The quantitative estimate of drug-likeness (QED) is 0.421. The molecule has 2 aliphatic heterocycles. The number of aryl methyl sites for hydroxylation is 1. The average Bonchev–Trinajstić information content (AvgIpc) is 3.18. The predicted molar refractivity (Wildman–Crippen MR) is 101 cm³/mol. The Kier molecular flexibility index (Phi) is 4.45. The highest BCUT2D eigenvalue weighted by molar-refractivity contribution is 7.87. The number of benzene rings is 2. The third kappa shape index (κ3) is 3.19. The van der Waals surface area contributed by atoms with Crippen molar-refractivity contribution < 1.29 is 30.6 Å². The van der Waals surface area contributed by atoms with Crippen molar-refractivity contribution in [2.75, 3.05) is 4.90 Å². The smallest absolute Gasteiger partial charge is 0.375 e. The van der Waals surface area contributed by atoms with Gasteiger partial charge in [0.05, 0.1) is 11.7 Å². The molecule has 1 amide bonds. The molecular weight excluding hydrogens is 407 g/mol. The number of alkyl halides is 3. The first-order valence-electron chi connectivity index (χ1n) is 8.83. The first kappa shape index (κ1) is 19.5. The highest BCUT2D eigenvalue weighted by Gasteiger charge is 2.51. The second-order valence-electron chi connectivity index (χ2n) is 6.93. The summed E-state index contributed by atoms with van der Waals surface area (Å²) in [6.07, 6.45) is 0.573. The molecule has 0 aliphatic carbocycles. The van der Waals surface area contributed by atoms with Crippen molar-refractivity contribution in [2.24, 2.45) is 0 Å². The van der Waals surface area contributed by atoms with Crippen molar-refractivity contribution in [3.05, 3.63) is 65.2 Å². The summed E-state index contributed by atoms with van der Waals surface area (Å²) in [5.41, 5.74) is -3.25. The first-order valence-corrected chi connectivity index (χ1v) is 10.2. The number of carbonyl (C=O) groups is 1. The monoisotopic (exact) mass is 423 g/mol. The molecule has 9 heteroatoms. The number of para-hydroxylation sites is 1. The van der Waals surface area contributed by atoms with Gasteiger partial charge >= 0.3 is 15.6 Å². The van der Waals surface area contributed by atoms with Crippen LogP contribution in [-0.2, 0) is 19.1 Å². The van der Waals surface area contributed by atoms with Crippen LogP contribution < -0.4 is 4.90 Å². The third-order valence-corrected chi connectivity index (χ3v) is 5.99. The van der Waals surface area contributed by atoms with Crippen molar-refractivity contribution in [3.8, 4) is 0 Å². The lowest BCUT2D eigenvalue weighted by atomic mass is 9.96. The zero-order valence-corrected chi connectivity index (χ0v) is 16.0. The normalized spacial score (nSPS) is 20.5. The van der Waals surface area contributed by atoms with Gasteiger partial charge in [-0.3, -0.25) is 4.79 Å². The summed E-state index contributed by atoms with van der Waals surface area (Å²) in [5.74, 6) is -0.573. The van der Waals surface area contributed by atoms with E-state index in [2.05, 4.69) is 0 Å². The maximum Gasteiger partial charge on any atom is 0.534 e. The summed E-state index contributed by atoms with van der Waals surface area (Å²) >= 11 is 0. The van der Waals surface area contributed by atoms with E-state index in [1.165, 1.54) is 17.0 Å². The largest absolute Gasteiger partial charge is 0.534 e. The van der Waals surface area contributed by atoms with E-state index in [9.17, 15) is 26.4 Å². The highest BCUT2D eigenvalue weighted by atomic mass is 32.2. The predicted octanol–water partition coefficient (Wildman–Crippen LogP) is 4.24. The van der Waals surface area contributed by atoms with Crippen molar-refractivity contribution in [1.29, 1.82) is 0 Å². The van der Waals surface area contributed by atoms with Crippen molar-refractivity contribution in [1.82, 2.24) is 0 Å². The maximum absolute atomic E-state index is 13.1. The van der Waals surface area contributed by atoms with Gasteiger partial charge in [-0.05, 0) is 19.4 Å². The van der Waals surface area contributed by atoms with Crippen LogP contribution >= 0.6 is 0 Å². The maximum atomic E-state index is 13.1. The molecule has 5 nitrogen and oxygen atoms in total. The van der Waals surface area contributed by atoms with E-state index < -0.39 is 27.4 Å². The van der Waals surface area contributed by atoms with Crippen LogP contribution in [0.1, 0.15) is 29.5 Å². The van der Waals surface area contributed by atoms with Crippen LogP contribution in [0, 0.1) is 6.92 Å². The van der Waals surface area contributed by atoms with E-state index in [0.717, 1.165) is 5.56 Å². The average molecular weight is 423 g/mol. The number of nitrogens with zero attached hydrogens (tertiary/aromatic N) is 1. The number of fused-ring (bicyclic) bond motifs is 3. The minimum Gasteiger partial charge on any atom is -0.375 e. The van der Waals surface area contributed by atoms with Crippen molar-refractivity contribution >= 4 is 33.0 Å². The molecule has 1 unspecified atom stereocenters. The lowest BCUT2D eigenvalue weighted by molar-refractivity contribution is -0.117. The van der Waals surface area contributed by atoms with Gasteiger partial charge in [-0.25, -0.2) is 0 Å². The molecule has 0 saturated carbocycles. The van der Waals surface area contributed by atoms with E-state index in [1.807, 2.05) is 0 Å². The van der Waals surface area contributed by atoms with E-state index in [1.54, 1.807) is 43.3 Å². The fourth-order valence-electron chi connectivity index (χ4n) is 3.73. The lowest BCUT2D eigenvalue weighted by Crippen LogP contribution is -2.29. The van der Waals surface area contributed by atoms with Gasteiger partial charge in [-0.1, -0.05) is 48.0 Å². The van der Waals surface area contributed by atoms with Gasteiger partial charge in [0.25, 0.3) is 0 Å². The SMILES string of the molecule is Cc1ccc(/C(OS(=O)(=O)C(F)(F)F)=C2\c3ccccc3N3C(=O)CCC23)cc1. The summed E-state index contributed by atoms with van der Waals surface area (Å²) in [6, 6.07) is 12.4. The second-order valence-corrected chi connectivity index (χ2v) is 8.47. The molecule has 2 aromatic carbocycles. The molecule has 0 bridgehead atoms. The molecule has 1 atom stereocenters. The third-order valence-electron chi connectivity index (χ3n) is 5.03. The zero-order chi connectivity index (χ0) is 21.0. The summed E-state index contributed by atoms with van der Waals surface area (Å²) in [5, 5.41) is 0. The minimum atomic E-state index is -5.90. The highest BCUT2D eigenvalue weighted by Crippen LogP contribution is 2.49. The molecule has 29 heavy (non-hydrogen) atoms. The van der Waals surface area contributed by atoms with Crippen LogP contribution in [0.2, 0.25) is 0 Å². The molecule has 1 fully saturated rings. The molecule has 0 spiro atoms. The van der Waals surface area contributed by atoms with Crippen molar-refractivity contribution in [2.45, 2.75) is 31.3 Å². The Balaban J connectivity index is 1.98. The Morgan fingerprint density at radius 2 is 1.76 bits per heavy atom. The van der Waals surface area contributed by atoms with E-state index in [0.29, 0.717) is 17.7 Å². The van der Waals surface area contributed by atoms with Gasteiger partial charge in [0.15, 0.2) is 5.76 Å². The number of rotatable bonds is 3. The standard InChI is InChI=1S/C20H16F3NO4S/c1-12-6-8-13(9-7-12)19(28-29(26,27)20(21,22)23)18-14-4-2-3-5-15(14)24-16(18)10-11-17(24)25/h2-9,16H,10-11H2,1H3/b19-18-. The number of amides is 1. The number of anilines is 1. The van der Waals surface area contributed by atoms with Crippen LogP contribution in [0.15, 0.2) is 48.5 Å². The van der Waals surface area contributed by atoms with Crippen LogP contribution in [0.3, 0.4) is 0 Å². The molecule has 152 valence electrons. The van der Waals surface area contributed by atoms with Gasteiger partial charge in [0, 0.05) is 23.1 Å². The Morgan fingerprint density at radius 1 is 1.10 bits per heavy atom. The number of hydrogen-bond donors (Lipinski definition) is 0. The Labute approximate surface area is 165 Å². The fraction of sp³-hybridized carbons (Fsp3) is 0.250. The van der Waals surface area contributed by atoms with Gasteiger partial charge in [0.1, 0.15) is 0 Å². The van der Waals surface area contributed by atoms with Gasteiger partial charge in [0.2, 0.25) is 5.91 Å². The summed E-state index contributed by atoms with van der Waals surface area (Å²) in [6.45, 7) is 1.80. The molecule has 2 aromatic rings. The first-order chi connectivity index (χ1) is 13.6. The van der Waals surface area contributed by atoms with Crippen LogP contribution in [0.4, 0.5) is 18.9 Å². The van der Waals surface area contributed by atoms with Crippen LogP contribution in [-0.4, -0.2) is 25.9 Å². The van der Waals surface area contributed by atoms with Gasteiger partial charge in [-0.2, -0.15) is 21.6 Å². The molecule has 4 rings (SSSR count). The summed E-state index contributed by atoms with van der Waals surface area (Å²) < 4.78 is 67.7. The van der Waals surface area contributed by atoms with Gasteiger partial charge in [-0.15, -0.1) is 0 Å². The molecule has 0 aromatic heterocycles. The molecule has 0 radical (unpaired) electrons. The van der Waals surface area contributed by atoms with Crippen LogP contribution in [0.25, 0.3) is 11.3 Å². The van der Waals surface area contributed by atoms with Gasteiger partial charge < -0.3 is 9.08 Å². The molecular formula is C20H16F3NO4S. The number of carbonyl (C=O) groups excluding carboxylic acids is 1. The Hall–Kier alpha value is -2.81. The van der Waals surface area contributed by atoms with Crippen LogP contribution in [0.5, 0.6) is 0 Å². The zero-order valence-electron chi connectivity index (χ0n) is 15.2. The Morgan fingerprint density at radius 3 is 2.41 bits per heavy atom. The summed E-state index contributed by atoms with van der Waals surface area (Å²) in [7, 11) is -5.90. The topological polar surface area (TPSA) is 63.7 Å². The van der Waals surface area contributed by atoms with E-state index in [4.69, 9.17) is 4.18 Å². The lowest BCUT2D eigenvalue weighted by Gasteiger charge is -2.20. The van der Waals surface area contributed by atoms with E-state index >= 15 is 0 Å².